The second-order valence-electron chi connectivity index (χ2n) is 10.9. The van der Waals surface area contributed by atoms with E-state index in [1.807, 2.05) is 42.5 Å². The van der Waals surface area contributed by atoms with Crippen LogP contribution in [0.25, 0.3) is 10.9 Å². The minimum atomic E-state index is -0.416. The van der Waals surface area contributed by atoms with E-state index < -0.39 is 5.97 Å². The molecule has 2 N–H and O–H groups in total. The van der Waals surface area contributed by atoms with Gasteiger partial charge >= 0.3 is 5.97 Å². The molecule has 1 aromatic heterocycles. The lowest BCUT2D eigenvalue weighted by Crippen LogP contribution is -2.34. The summed E-state index contributed by atoms with van der Waals surface area (Å²) in [6.07, 6.45) is 3.19. The van der Waals surface area contributed by atoms with Gasteiger partial charge in [-0.15, -0.1) is 0 Å². The number of thioether (sulfide) groups is 1. The Hall–Kier alpha value is -4.44. The third kappa shape index (κ3) is 7.93. The van der Waals surface area contributed by atoms with Gasteiger partial charge < -0.3 is 15.4 Å². The van der Waals surface area contributed by atoms with E-state index in [0.29, 0.717) is 40.4 Å². The van der Waals surface area contributed by atoms with Crippen molar-refractivity contribution in [3.05, 3.63) is 100 Å². The number of anilines is 1. The monoisotopic (exact) mass is 612 g/mol. The number of para-hydroxylation sites is 1. The molecule has 1 saturated carbocycles. The summed E-state index contributed by atoms with van der Waals surface area (Å²) >= 11 is 1.22. The maximum Gasteiger partial charge on any atom is 0.338 e. The number of hydrogen-bond acceptors (Lipinski definition) is 7. The lowest BCUT2D eigenvalue weighted by molar-refractivity contribution is -0.126. The van der Waals surface area contributed by atoms with Crippen LogP contribution in [0.1, 0.15) is 48.5 Å². The number of fused-ring (bicyclic) bond motifs is 1. The summed E-state index contributed by atoms with van der Waals surface area (Å²) in [5.41, 5.74) is 2.49. The number of carbonyl (C=O) groups is 3. The Kier molecular flexibility index (Phi) is 10.5. The number of nitrogens with one attached hydrogen (secondary N) is 2. The Balaban J connectivity index is 1.21. The normalized spacial score (nSPS) is 16.3. The summed E-state index contributed by atoms with van der Waals surface area (Å²) in [6.45, 7) is 3.03. The first-order valence-corrected chi connectivity index (χ1v) is 15.9. The number of benzene rings is 3. The van der Waals surface area contributed by atoms with Gasteiger partial charge in [0.05, 0.1) is 28.8 Å². The van der Waals surface area contributed by atoms with Crippen molar-refractivity contribution >= 4 is 46.1 Å². The maximum atomic E-state index is 13.6. The Bertz CT molecular complexity index is 1670. The zero-order valence-corrected chi connectivity index (χ0v) is 25.5. The van der Waals surface area contributed by atoms with Crippen LogP contribution in [0.15, 0.2) is 88.8 Å². The van der Waals surface area contributed by atoms with Gasteiger partial charge in [-0.25, -0.2) is 9.78 Å². The molecule has 0 atom stereocenters. The molecule has 1 aliphatic rings. The minimum absolute atomic E-state index is 0.0367. The van der Waals surface area contributed by atoms with Gasteiger partial charge in [0.25, 0.3) is 5.56 Å². The van der Waals surface area contributed by atoms with Gasteiger partial charge in [0.1, 0.15) is 0 Å². The zero-order chi connectivity index (χ0) is 30.9. The molecule has 0 radical (unpaired) electrons. The Labute approximate surface area is 260 Å². The minimum Gasteiger partial charge on any atom is -0.462 e. The lowest BCUT2D eigenvalue weighted by Gasteiger charge is -2.28. The molecule has 5 rings (SSSR count). The van der Waals surface area contributed by atoms with E-state index in [-0.39, 0.29) is 41.6 Å². The van der Waals surface area contributed by atoms with Gasteiger partial charge in [-0.2, -0.15) is 0 Å². The summed E-state index contributed by atoms with van der Waals surface area (Å²) in [5, 5.41) is 6.93. The first kappa shape index (κ1) is 31.0. The number of esters is 1. The summed E-state index contributed by atoms with van der Waals surface area (Å²) in [4.78, 5) is 55.9. The van der Waals surface area contributed by atoms with E-state index in [1.54, 1.807) is 47.9 Å². The van der Waals surface area contributed by atoms with E-state index in [0.717, 1.165) is 31.2 Å². The number of aromatic nitrogens is 2. The highest BCUT2D eigenvalue weighted by molar-refractivity contribution is 7.99. The topological polar surface area (TPSA) is 119 Å². The molecule has 3 aromatic carbocycles. The molecule has 2 amide bonds. The number of ether oxygens (including phenoxy) is 1. The van der Waals surface area contributed by atoms with Crippen LogP contribution in [-0.4, -0.2) is 39.7 Å². The van der Waals surface area contributed by atoms with Crippen molar-refractivity contribution in [1.29, 1.82) is 0 Å². The van der Waals surface area contributed by atoms with Crippen molar-refractivity contribution in [3.63, 3.8) is 0 Å². The third-order valence-electron chi connectivity index (χ3n) is 7.81. The lowest BCUT2D eigenvalue weighted by atomic mass is 9.81. The molecule has 0 spiro atoms. The summed E-state index contributed by atoms with van der Waals surface area (Å²) in [6, 6.07) is 23.6. The van der Waals surface area contributed by atoms with Gasteiger partial charge in [-0.3, -0.25) is 19.0 Å². The van der Waals surface area contributed by atoms with Crippen LogP contribution < -0.4 is 16.2 Å². The second-order valence-corrected chi connectivity index (χ2v) is 11.8. The number of nitrogens with zero attached hydrogens (tertiary/aromatic N) is 2. The fraction of sp³-hybridized carbons (Fsp3) is 0.324. The fourth-order valence-electron chi connectivity index (χ4n) is 5.44. The molecule has 9 nitrogen and oxygen atoms in total. The molecule has 44 heavy (non-hydrogen) atoms. The molecule has 0 bridgehead atoms. The summed E-state index contributed by atoms with van der Waals surface area (Å²) < 4.78 is 6.69. The molecule has 1 aliphatic carbocycles. The third-order valence-corrected chi connectivity index (χ3v) is 8.78. The van der Waals surface area contributed by atoms with E-state index in [9.17, 15) is 19.2 Å². The van der Waals surface area contributed by atoms with E-state index in [4.69, 9.17) is 9.72 Å². The van der Waals surface area contributed by atoms with E-state index in [2.05, 4.69) is 10.6 Å². The summed E-state index contributed by atoms with van der Waals surface area (Å²) in [7, 11) is 0. The largest absolute Gasteiger partial charge is 0.462 e. The van der Waals surface area contributed by atoms with E-state index >= 15 is 0 Å². The Morgan fingerprint density at radius 3 is 2.36 bits per heavy atom. The molecule has 0 aliphatic heterocycles. The predicted molar refractivity (Wildman–Crippen MR) is 171 cm³/mol. The quantitative estimate of drug-likeness (QED) is 0.132. The second kappa shape index (κ2) is 14.8. The van der Waals surface area contributed by atoms with Crippen LogP contribution in [0.3, 0.4) is 0 Å². The van der Waals surface area contributed by atoms with Gasteiger partial charge in [0, 0.05) is 24.7 Å². The first-order chi connectivity index (χ1) is 21.4. The fourth-order valence-corrected chi connectivity index (χ4v) is 6.25. The molecule has 0 saturated heterocycles. The van der Waals surface area contributed by atoms with Gasteiger partial charge in [-0.1, -0.05) is 54.2 Å². The van der Waals surface area contributed by atoms with Crippen LogP contribution in [0.2, 0.25) is 0 Å². The number of hydrogen-bond donors (Lipinski definition) is 2. The Morgan fingerprint density at radius 2 is 1.64 bits per heavy atom. The summed E-state index contributed by atoms with van der Waals surface area (Å²) in [5.74, 6) is -0.352. The molecule has 1 heterocycles. The molecule has 4 aromatic rings. The van der Waals surface area contributed by atoms with Gasteiger partial charge in [-0.05, 0) is 80.5 Å². The van der Waals surface area contributed by atoms with Crippen molar-refractivity contribution in [2.45, 2.75) is 50.9 Å². The van der Waals surface area contributed by atoms with Crippen molar-refractivity contribution in [2.24, 2.45) is 11.8 Å². The highest BCUT2D eigenvalue weighted by atomic mass is 32.2. The van der Waals surface area contributed by atoms with Crippen molar-refractivity contribution < 1.29 is 19.1 Å². The standard InChI is InChI=1S/C34H36N4O5S/c1-2-43-33(42)26-16-18-27(19-17-26)36-30(39)22-44-34-37-29-11-7-6-10-28(29)32(41)38(34)21-24-12-14-25(15-13-24)31(40)35-20-23-8-4-3-5-9-23/h3-11,16-19,24-25H,2,12-15,20-22H2,1H3,(H,35,40)(H,36,39). The SMILES string of the molecule is CCOC(=O)c1ccc(NC(=O)CSc2nc3ccccc3c(=O)n2CC2CCC(C(=O)NCc3ccccc3)CC2)cc1. The Morgan fingerprint density at radius 1 is 0.932 bits per heavy atom. The van der Waals surface area contributed by atoms with Crippen molar-refractivity contribution in [3.8, 4) is 0 Å². The number of carbonyl (C=O) groups excluding carboxylic acids is 3. The highest BCUT2D eigenvalue weighted by Gasteiger charge is 2.27. The molecule has 0 unspecified atom stereocenters. The van der Waals surface area contributed by atoms with Crippen molar-refractivity contribution in [2.75, 3.05) is 17.7 Å². The molecule has 1 fully saturated rings. The number of rotatable bonds is 11. The average molecular weight is 613 g/mol. The molecule has 228 valence electrons. The zero-order valence-electron chi connectivity index (χ0n) is 24.7. The maximum absolute atomic E-state index is 13.6. The van der Waals surface area contributed by atoms with E-state index in [1.165, 1.54) is 11.8 Å². The van der Waals surface area contributed by atoms with Crippen molar-refractivity contribution in [1.82, 2.24) is 14.9 Å². The van der Waals surface area contributed by atoms with Gasteiger partial charge in [0.15, 0.2) is 5.16 Å². The predicted octanol–water partition coefficient (Wildman–Crippen LogP) is 5.43. The first-order valence-electron chi connectivity index (χ1n) is 14.9. The smallest absolute Gasteiger partial charge is 0.338 e. The number of amides is 2. The molecular formula is C34H36N4O5S. The van der Waals surface area contributed by atoms with Crippen LogP contribution in [0, 0.1) is 11.8 Å². The van der Waals surface area contributed by atoms with Crippen LogP contribution in [-0.2, 0) is 27.4 Å². The highest BCUT2D eigenvalue weighted by Crippen LogP contribution is 2.31. The molecular weight excluding hydrogens is 576 g/mol. The molecule has 10 heteroatoms. The average Bonchev–Trinajstić information content (AvgIpc) is 3.05. The van der Waals surface area contributed by atoms with Crippen LogP contribution in [0.4, 0.5) is 5.69 Å². The van der Waals surface area contributed by atoms with Crippen LogP contribution >= 0.6 is 11.8 Å². The van der Waals surface area contributed by atoms with Gasteiger partial charge in [0.2, 0.25) is 11.8 Å². The van der Waals surface area contributed by atoms with Crippen LogP contribution in [0.5, 0.6) is 0 Å².